The van der Waals surface area contributed by atoms with E-state index in [2.05, 4.69) is 20.1 Å². The van der Waals surface area contributed by atoms with Gasteiger partial charge in [0.05, 0.1) is 46.4 Å². The molecular formula is C27H19Cl2F4N7O3. The van der Waals surface area contributed by atoms with Crippen LogP contribution in [0.15, 0.2) is 67.3 Å². The van der Waals surface area contributed by atoms with E-state index in [1.807, 2.05) is 0 Å². The van der Waals surface area contributed by atoms with E-state index in [0.29, 0.717) is 15.9 Å². The van der Waals surface area contributed by atoms with Crippen molar-refractivity contribution in [2.45, 2.75) is 19.1 Å². The van der Waals surface area contributed by atoms with Crippen molar-refractivity contribution in [1.82, 2.24) is 24.8 Å². The van der Waals surface area contributed by atoms with E-state index in [4.69, 9.17) is 28.9 Å². The van der Waals surface area contributed by atoms with E-state index in [1.54, 1.807) is 0 Å². The minimum atomic E-state index is -3.04. The molecule has 3 aromatic heterocycles. The molecule has 10 nitrogen and oxygen atoms in total. The summed E-state index contributed by atoms with van der Waals surface area (Å²) in [5.74, 6) is -2.60. The van der Waals surface area contributed by atoms with E-state index in [0.717, 1.165) is 12.3 Å². The molecule has 0 spiro atoms. The lowest BCUT2D eigenvalue weighted by Gasteiger charge is -2.18. The Morgan fingerprint density at radius 1 is 1.07 bits per heavy atom. The fourth-order valence-corrected chi connectivity index (χ4v) is 4.79. The van der Waals surface area contributed by atoms with Gasteiger partial charge >= 0.3 is 6.61 Å². The summed E-state index contributed by atoms with van der Waals surface area (Å²) in [6.45, 7) is -3.49. The van der Waals surface area contributed by atoms with Crippen LogP contribution in [0.3, 0.4) is 0 Å². The average molecular weight is 636 g/mol. The highest BCUT2D eigenvalue weighted by atomic mass is 35.5. The average Bonchev–Trinajstić information content (AvgIpc) is 3.62. The fourth-order valence-electron chi connectivity index (χ4n) is 4.50. The molecule has 0 saturated carbocycles. The van der Waals surface area contributed by atoms with Crippen LogP contribution in [0.4, 0.5) is 17.6 Å². The maximum atomic E-state index is 15.3. The van der Waals surface area contributed by atoms with Crippen molar-refractivity contribution < 1.29 is 31.8 Å². The molecule has 2 aromatic carbocycles. The number of benzene rings is 2. The molecule has 0 bridgehead atoms. The van der Waals surface area contributed by atoms with E-state index in [-0.39, 0.29) is 44.7 Å². The minimum Gasteiger partial charge on any atom is -0.618 e. The van der Waals surface area contributed by atoms with Gasteiger partial charge in [-0.05, 0) is 35.9 Å². The van der Waals surface area contributed by atoms with E-state index >= 15 is 4.39 Å². The molecule has 43 heavy (non-hydrogen) atoms. The minimum absolute atomic E-state index is 0.0505. The van der Waals surface area contributed by atoms with Crippen LogP contribution in [0.25, 0.3) is 27.9 Å². The SMILES string of the molecule is NC(=O)c1ccc(-c2cnn([C@@H](CCOC(F)F)c3ccc(-c4c(-n5cc(Cl)nn5)ccc(Cl)c4F)c[n+]3[O-])c2)cc1F. The molecule has 0 aliphatic rings. The monoisotopic (exact) mass is 635 g/mol. The molecule has 1 atom stereocenters. The van der Waals surface area contributed by atoms with Crippen molar-refractivity contribution >= 4 is 29.1 Å². The zero-order valence-electron chi connectivity index (χ0n) is 21.7. The Morgan fingerprint density at radius 3 is 2.49 bits per heavy atom. The topological polar surface area (TPSA) is 128 Å². The Balaban J connectivity index is 1.54. The summed E-state index contributed by atoms with van der Waals surface area (Å²) in [5, 5.41) is 25.0. The van der Waals surface area contributed by atoms with Gasteiger partial charge in [0.2, 0.25) is 5.69 Å². The third kappa shape index (κ3) is 6.30. The van der Waals surface area contributed by atoms with Gasteiger partial charge in [0, 0.05) is 24.2 Å². The lowest BCUT2D eigenvalue weighted by Crippen LogP contribution is -2.36. The summed E-state index contributed by atoms with van der Waals surface area (Å²) in [7, 11) is 0. The Kier molecular flexibility index (Phi) is 8.62. The van der Waals surface area contributed by atoms with Crippen molar-refractivity contribution in [2.24, 2.45) is 5.73 Å². The van der Waals surface area contributed by atoms with Crippen LogP contribution in [0.1, 0.15) is 28.5 Å². The number of hydrogen-bond acceptors (Lipinski definition) is 6. The molecule has 222 valence electrons. The molecule has 5 rings (SSSR count). The third-order valence-corrected chi connectivity index (χ3v) is 6.95. The standard InChI is InChI=1S/C27H19Cl2F4N7O3/c28-18-4-6-22(39-13-23(29)36-37-39)24(25(18)31)15-2-5-21(40(42)12-15)20(7-8-43-27(32)33)38-11-16(10-35-38)14-1-3-17(26(34)41)19(30)9-14/h1-6,9-13,20,27H,7-8H2,(H2,34,41)/t20-/m0/s1. The molecule has 0 unspecified atom stereocenters. The van der Waals surface area contributed by atoms with Crippen molar-refractivity contribution in [1.29, 1.82) is 0 Å². The number of hydrogen-bond donors (Lipinski definition) is 1. The molecule has 1 amide bonds. The number of carbonyl (C=O) groups is 1. The van der Waals surface area contributed by atoms with Gasteiger partial charge in [-0.2, -0.15) is 18.6 Å². The van der Waals surface area contributed by atoms with Crippen molar-refractivity contribution in [2.75, 3.05) is 6.61 Å². The zero-order valence-corrected chi connectivity index (χ0v) is 23.2. The second kappa shape index (κ2) is 12.4. The largest absolute Gasteiger partial charge is 0.618 e. The number of primary amides is 1. The molecule has 0 aliphatic heterocycles. The number of nitrogens with zero attached hydrogens (tertiary/aromatic N) is 6. The first kappa shape index (κ1) is 29.9. The highest BCUT2D eigenvalue weighted by Crippen LogP contribution is 2.34. The number of amides is 1. The van der Waals surface area contributed by atoms with Crippen molar-refractivity contribution in [3.8, 4) is 27.9 Å². The summed E-state index contributed by atoms with van der Waals surface area (Å²) < 4.78 is 62.6. The number of carbonyl (C=O) groups excluding carboxylic acids is 1. The molecule has 0 aliphatic carbocycles. The third-order valence-electron chi connectivity index (χ3n) is 6.48. The van der Waals surface area contributed by atoms with Gasteiger partial charge in [-0.25, -0.2) is 13.5 Å². The van der Waals surface area contributed by atoms with Gasteiger partial charge in [0.15, 0.2) is 17.2 Å². The Labute approximate surface area is 250 Å². The van der Waals surface area contributed by atoms with Crippen LogP contribution < -0.4 is 10.5 Å². The fraction of sp³-hybridized carbons (Fsp3) is 0.148. The van der Waals surface area contributed by atoms with Gasteiger partial charge in [-0.3, -0.25) is 9.48 Å². The molecule has 0 fully saturated rings. The van der Waals surface area contributed by atoms with Crippen molar-refractivity contribution in [3.05, 3.63) is 106 Å². The Bertz CT molecular complexity index is 1820. The second-order valence-corrected chi connectivity index (χ2v) is 9.91. The van der Waals surface area contributed by atoms with Crippen molar-refractivity contribution in [3.63, 3.8) is 0 Å². The molecule has 0 radical (unpaired) electrons. The summed E-state index contributed by atoms with van der Waals surface area (Å²) in [4.78, 5) is 11.4. The molecule has 3 heterocycles. The maximum absolute atomic E-state index is 15.3. The molecule has 5 aromatic rings. The summed E-state index contributed by atoms with van der Waals surface area (Å²) >= 11 is 11.9. The normalized spacial score (nSPS) is 12.2. The maximum Gasteiger partial charge on any atom is 0.345 e. The van der Waals surface area contributed by atoms with Crippen LogP contribution >= 0.6 is 23.2 Å². The smallest absolute Gasteiger partial charge is 0.345 e. The number of halogens is 6. The van der Waals surface area contributed by atoms with E-state index in [9.17, 15) is 23.2 Å². The number of rotatable bonds is 10. The van der Waals surface area contributed by atoms with E-state index in [1.165, 1.54) is 64.4 Å². The summed E-state index contributed by atoms with van der Waals surface area (Å²) in [6.07, 6.45) is 5.17. The van der Waals surface area contributed by atoms with E-state index < -0.39 is 36.8 Å². The molecular weight excluding hydrogens is 617 g/mol. The first-order valence-electron chi connectivity index (χ1n) is 12.4. The number of aromatic nitrogens is 6. The number of pyridine rings is 1. The van der Waals surface area contributed by atoms with Crippen LogP contribution in [0.2, 0.25) is 10.2 Å². The number of alkyl halides is 2. The van der Waals surface area contributed by atoms with Gasteiger partial charge in [0.1, 0.15) is 11.9 Å². The second-order valence-electron chi connectivity index (χ2n) is 9.11. The Hall–Kier alpha value is -4.53. The first-order valence-corrected chi connectivity index (χ1v) is 13.1. The predicted molar refractivity (Wildman–Crippen MR) is 147 cm³/mol. The lowest BCUT2D eigenvalue weighted by molar-refractivity contribution is -0.615. The summed E-state index contributed by atoms with van der Waals surface area (Å²) in [5.41, 5.74) is 5.93. The molecule has 2 N–H and O–H groups in total. The van der Waals surface area contributed by atoms with Gasteiger partial charge in [0.25, 0.3) is 5.91 Å². The highest BCUT2D eigenvalue weighted by molar-refractivity contribution is 6.31. The highest BCUT2D eigenvalue weighted by Gasteiger charge is 2.26. The van der Waals surface area contributed by atoms with Crippen LogP contribution in [-0.4, -0.2) is 43.9 Å². The number of nitrogens with two attached hydrogens (primary N) is 1. The van der Waals surface area contributed by atoms with Gasteiger partial charge in [-0.15, -0.1) is 5.10 Å². The van der Waals surface area contributed by atoms with Crippen LogP contribution in [0, 0.1) is 16.8 Å². The Morgan fingerprint density at radius 2 is 1.84 bits per heavy atom. The summed E-state index contributed by atoms with van der Waals surface area (Å²) in [6, 6.07) is 8.46. The quantitative estimate of drug-likeness (QED) is 0.125. The predicted octanol–water partition coefficient (Wildman–Crippen LogP) is 5.33. The zero-order chi connectivity index (χ0) is 30.8. The van der Waals surface area contributed by atoms with Gasteiger partial charge in [-0.1, -0.05) is 34.5 Å². The molecule has 0 saturated heterocycles. The van der Waals surface area contributed by atoms with Gasteiger partial charge < -0.3 is 15.7 Å². The van der Waals surface area contributed by atoms with Crippen LogP contribution in [-0.2, 0) is 4.74 Å². The van der Waals surface area contributed by atoms with Crippen LogP contribution in [0.5, 0.6) is 0 Å². The lowest BCUT2D eigenvalue weighted by atomic mass is 10.0. The molecule has 16 heteroatoms. The first-order chi connectivity index (χ1) is 20.5. The number of ether oxygens (including phenoxy) is 1.